The van der Waals surface area contributed by atoms with Crippen molar-refractivity contribution in [3.8, 4) is 0 Å². The molecule has 3 saturated carbocycles. The van der Waals surface area contributed by atoms with E-state index in [-0.39, 0.29) is 0 Å². The largest absolute Gasteiger partial charge is 0.0819 e. The van der Waals surface area contributed by atoms with Crippen molar-refractivity contribution in [3.05, 3.63) is 22.8 Å². The van der Waals surface area contributed by atoms with E-state index >= 15 is 0 Å². The summed E-state index contributed by atoms with van der Waals surface area (Å²) in [4.78, 5) is 0. The number of fused-ring (bicyclic) bond motifs is 3. The van der Waals surface area contributed by atoms with Gasteiger partial charge in [0.05, 0.1) is 8.07 Å². The van der Waals surface area contributed by atoms with Crippen LogP contribution in [0.1, 0.15) is 85.0 Å². The first-order valence-corrected chi connectivity index (χ1v) is 16.0. The van der Waals surface area contributed by atoms with Crippen LogP contribution in [0.4, 0.5) is 0 Å². The SMILES string of the molecule is CC1CCC(C)C2C1=CC(C)C2[Si](C)(C)C1C2CCCCC2=C2CCCCC21. The number of allylic oxidation sites excluding steroid dienone is 4. The highest BCUT2D eigenvalue weighted by Crippen LogP contribution is 2.66. The minimum atomic E-state index is -1.39. The van der Waals surface area contributed by atoms with Crippen LogP contribution in [0.15, 0.2) is 22.8 Å². The smallest absolute Gasteiger partial charge is 0.0559 e. The van der Waals surface area contributed by atoms with Crippen LogP contribution in [0.3, 0.4) is 0 Å². The maximum absolute atomic E-state index is 2.87. The molecular formula is C27H44Si. The van der Waals surface area contributed by atoms with Crippen LogP contribution >= 0.6 is 0 Å². The Morgan fingerprint density at radius 3 is 1.96 bits per heavy atom. The zero-order valence-corrected chi connectivity index (χ0v) is 20.3. The van der Waals surface area contributed by atoms with Crippen molar-refractivity contribution in [3.63, 3.8) is 0 Å². The molecule has 0 saturated heterocycles. The Bertz CT molecular complexity index is 656. The summed E-state index contributed by atoms with van der Waals surface area (Å²) in [6.07, 6.45) is 17.7. The maximum atomic E-state index is 2.87. The van der Waals surface area contributed by atoms with Crippen molar-refractivity contribution < 1.29 is 0 Å². The van der Waals surface area contributed by atoms with Gasteiger partial charge in [0.2, 0.25) is 0 Å². The van der Waals surface area contributed by atoms with Crippen molar-refractivity contribution in [1.29, 1.82) is 0 Å². The second-order valence-electron chi connectivity index (χ2n) is 12.1. The lowest BCUT2D eigenvalue weighted by atomic mass is 9.72. The van der Waals surface area contributed by atoms with E-state index in [9.17, 15) is 0 Å². The summed E-state index contributed by atoms with van der Waals surface area (Å²) >= 11 is 0. The number of hydrogen-bond donors (Lipinski definition) is 0. The Morgan fingerprint density at radius 1 is 0.750 bits per heavy atom. The van der Waals surface area contributed by atoms with Gasteiger partial charge < -0.3 is 0 Å². The molecule has 0 aromatic carbocycles. The van der Waals surface area contributed by atoms with Gasteiger partial charge in [-0.2, -0.15) is 0 Å². The van der Waals surface area contributed by atoms with Gasteiger partial charge in [0, 0.05) is 0 Å². The van der Waals surface area contributed by atoms with E-state index in [4.69, 9.17) is 0 Å². The van der Waals surface area contributed by atoms with Crippen molar-refractivity contribution in [2.45, 2.75) is 109 Å². The summed E-state index contributed by atoms with van der Waals surface area (Å²) < 4.78 is 0. The second kappa shape index (κ2) is 7.14. The Balaban J connectivity index is 1.51. The Labute approximate surface area is 175 Å². The molecule has 0 amide bonds. The molecular weight excluding hydrogens is 352 g/mol. The Morgan fingerprint density at radius 2 is 1.36 bits per heavy atom. The van der Waals surface area contributed by atoms with Crippen molar-refractivity contribution in [2.24, 2.45) is 35.5 Å². The quantitative estimate of drug-likeness (QED) is 0.325. The molecule has 0 spiro atoms. The first-order valence-electron chi connectivity index (χ1n) is 12.8. The fraction of sp³-hybridized carbons (Fsp3) is 0.852. The van der Waals surface area contributed by atoms with Crippen LogP contribution in [0, 0.1) is 35.5 Å². The third-order valence-corrected chi connectivity index (χ3v) is 15.5. The van der Waals surface area contributed by atoms with E-state index < -0.39 is 8.07 Å². The van der Waals surface area contributed by atoms with Gasteiger partial charge in [0.1, 0.15) is 0 Å². The predicted molar refractivity (Wildman–Crippen MR) is 124 cm³/mol. The Kier molecular flexibility index (Phi) is 5.01. The monoisotopic (exact) mass is 396 g/mol. The first-order chi connectivity index (χ1) is 13.4. The number of hydrogen-bond acceptors (Lipinski definition) is 0. The molecule has 7 unspecified atom stereocenters. The zero-order chi connectivity index (χ0) is 19.6. The van der Waals surface area contributed by atoms with Gasteiger partial charge in [-0.25, -0.2) is 0 Å². The summed E-state index contributed by atoms with van der Waals surface area (Å²) in [6.45, 7) is 13.5. The summed E-state index contributed by atoms with van der Waals surface area (Å²) in [5.74, 6) is 5.55. The molecule has 28 heavy (non-hydrogen) atoms. The van der Waals surface area contributed by atoms with Crippen LogP contribution in [-0.4, -0.2) is 8.07 Å². The molecule has 5 rings (SSSR count). The Hall–Kier alpha value is -0.303. The van der Waals surface area contributed by atoms with E-state index in [2.05, 4.69) is 39.9 Å². The van der Waals surface area contributed by atoms with Crippen molar-refractivity contribution >= 4 is 8.07 Å². The highest BCUT2D eigenvalue weighted by atomic mass is 28.3. The van der Waals surface area contributed by atoms with Crippen LogP contribution in [0.25, 0.3) is 0 Å². The molecule has 0 bridgehead atoms. The molecule has 0 radical (unpaired) electrons. The molecule has 0 nitrogen and oxygen atoms in total. The van der Waals surface area contributed by atoms with Crippen LogP contribution < -0.4 is 0 Å². The van der Waals surface area contributed by atoms with Crippen LogP contribution in [-0.2, 0) is 0 Å². The normalized spacial score (nSPS) is 46.1. The van der Waals surface area contributed by atoms with Gasteiger partial charge in [-0.3, -0.25) is 0 Å². The predicted octanol–water partition coefficient (Wildman–Crippen LogP) is 8.38. The molecule has 0 aromatic rings. The van der Waals surface area contributed by atoms with Crippen molar-refractivity contribution in [1.82, 2.24) is 0 Å². The van der Waals surface area contributed by atoms with Gasteiger partial charge in [0.15, 0.2) is 0 Å². The second-order valence-corrected chi connectivity index (χ2v) is 17.1. The van der Waals surface area contributed by atoms with Crippen molar-refractivity contribution in [2.75, 3.05) is 0 Å². The molecule has 7 atom stereocenters. The summed E-state index contributed by atoms with van der Waals surface area (Å²) in [5.41, 5.74) is 8.02. The third-order valence-electron chi connectivity index (χ3n) is 10.3. The van der Waals surface area contributed by atoms with E-state index in [0.717, 1.165) is 46.6 Å². The third kappa shape index (κ3) is 2.81. The summed E-state index contributed by atoms with van der Waals surface area (Å²) in [6, 6.07) is 0. The molecule has 5 aliphatic rings. The van der Waals surface area contributed by atoms with E-state index in [1.165, 1.54) is 64.2 Å². The van der Waals surface area contributed by atoms with E-state index in [1.54, 1.807) is 0 Å². The molecule has 0 N–H and O–H groups in total. The molecule has 1 heteroatoms. The zero-order valence-electron chi connectivity index (χ0n) is 19.3. The molecule has 156 valence electrons. The van der Waals surface area contributed by atoms with Crippen LogP contribution in [0.5, 0.6) is 0 Å². The van der Waals surface area contributed by atoms with Gasteiger partial charge >= 0.3 is 0 Å². The standard InChI is InChI=1S/C27H44Si/c1-17-14-15-18(2)25-24(17)16-19(3)26(25)28(4,5)27-22-12-8-6-10-20(22)21-11-7-9-13-23(21)27/h16-19,22-23,25-27H,6-15H2,1-5H3. The average Bonchev–Trinajstić information content (AvgIpc) is 3.21. The van der Waals surface area contributed by atoms with Gasteiger partial charge in [-0.05, 0) is 98.0 Å². The van der Waals surface area contributed by atoms with Gasteiger partial charge in [-0.15, -0.1) is 0 Å². The lowest BCUT2D eigenvalue weighted by molar-refractivity contribution is 0.269. The summed E-state index contributed by atoms with van der Waals surface area (Å²) in [7, 11) is -1.39. The van der Waals surface area contributed by atoms with E-state index in [1.807, 2.05) is 16.7 Å². The topological polar surface area (TPSA) is 0 Å². The lowest BCUT2D eigenvalue weighted by Gasteiger charge is -2.50. The summed E-state index contributed by atoms with van der Waals surface area (Å²) in [5, 5.41) is 0. The average molecular weight is 397 g/mol. The van der Waals surface area contributed by atoms with Gasteiger partial charge in [0.25, 0.3) is 0 Å². The highest BCUT2D eigenvalue weighted by molar-refractivity contribution is 6.80. The number of rotatable bonds is 2. The fourth-order valence-electron chi connectivity index (χ4n) is 9.44. The lowest BCUT2D eigenvalue weighted by Crippen LogP contribution is -2.48. The molecule has 5 aliphatic carbocycles. The van der Waals surface area contributed by atoms with Crippen LogP contribution in [0.2, 0.25) is 24.2 Å². The minimum Gasteiger partial charge on any atom is -0.0819 e. The van der Waals surface area contributed by atoms with E-state index in [0.29, 0.717) is 0 Å². The molecule has 3 fully saturated rings. The molecule has 0 aliphatic heterocycles. The minimum absolute atomic E-state index is 0.837. The molecule has 0 heterocycles. The highest BCUT2D eigenvalue weighted by Gasteiger charge is 2.57. The fourth-order valence-corrected chi connectivity index (χ4v) is 15.6. The molecule has 0 aromatic heterocycles. The first kappa shape index (κ1) is 19.6. The van der Waals surface area contributed by atoms with Gasteiger partial charge in [-0.1, -0.05) is 69.5 Å². The maximum Gasteiger partial charge on any atom is 0.0559 e.